The fourth-order valence-corrected chi connectivity index (χ4v) is 0.585. The van der Waals surface area contributed by atoms with Crippen LogP contribution in [0.1, 0.15) is 20.3 Å². The van der Waals surface area contributed by atoms with Gasteiger partial charge in [0.05, 0.1) is 6.61 Å². The van der Waals surface area contributed by atoms with Crippen LogP contribution < -0.4 is 0 Å². The number of nitrogens with zero attached hydrogens (tertiary/aromatic N) is 1. The van der Waals surface area contributed by atoms with E-state index in [0.29, 0.717) is 6.61 Å². The van der Waals surface area contributed by atoms with E-state index in [1.165, 1.54) is 0 Å². The zero-order chi connectivity index (χ0) is 10.3. The topological polar surface area (TPSA) is 59.3 Å². The molecule has 0 N–H and O–H groups in total. The summed E-state index contributed by atoms with van der Waals surface area (Å²) in [4.78, 5) is 10.9. The van der Waals surface area contributed by atoms with Gasteiger partial charge >= 0.3 is 5.97 Å². The van der Waals surface area contributed by atoms with Crippen LogP contribution in [0.3, 0.4) is 0 Å². The van der Waals surface area contributed by atoms with Crippen LogP contribution in [0.2, 0.25) is 0 Å². The average molecular weight is 183 g/mol. The van der Waals surface area contributed by atoms with Crippen molar-refractivity contribution >= 4 is 5.97 Å². The maximum atomic E-state index is 10.9. The first-order valence-electron chi connectivity index (χ1n) is 4.03. The highest BCUT2D eigenvalue weighted by molar-refractivity contribution is 5.91. The van der Waals surface area contributed by atoms with Crippen molar-refractivity contribution in [2.75, 3.05) is 6.61 Å². The lowest BCUT2D eigenvalue weighted by molar-refractivity contribution is -0.169. The lowest BCUT2D eigenvalue weighted by atomic mass is 10.3. The lowest BCUT2D eigenvalue weighted by Gasteiger charge is -2.12. The minimum absolute atomic E-state index is 0.216. The SMILES string of the molecule is C=C(C#N)C(=O)OC(C)OCCC. The molecule has 4 nitrogen and oxygen atoms in total. The average Bonchev–Trinajstić information content (AvgIpc) is 2.13. The van der Waals surface area contributed by atoms with Crippen molar-refractivity contribution in [3.63, 3.8) is 0 Å². The molecule has 0 bridgehead atoms. The molecule has 0 saturated carbocycles. The smallest absolute Gasteiger partial charge is 0.350 e. The van der Waals surface area contributed by atoms with E-state index < -0.39 is 12.3 Å². The third-order valence-corrected chi connectivity index (χ3v) is 1.21. The highest BCUT2D eigenvalue weighted by Gasteiger charge is 2.11. The first-order valence-corrected chi connectivity index (χ1v) is 4.03. The molecule has 0 aliphatic carbocycles. The third-order valence-electron chi connectivity index (χ3n) is 1.21. The van der Waals surface area contributed by atoms with Gasteiger partial charge in [0.2, 0.25) is 6.29 Å². The van der Waals surface area contributed by atoms with Gasteiger partial charge in [-0.2, -0.15) is 5.26 Å². The van der Waals surface area contributed by atoms with Gasteiger partial charge < -0.3 is 9.47 Å². The molecule has 0 aromatic rings. The Bertz CT molecular complexity index is 230. The quantitative estimate of drug-likeness (QED) is 0.279. The maximum Gasteiger partial charge on any atom is 0.350 e. The fraction of sp³-hybridized carbons (Fsp3) is 0.556. The Kier molecular flexibility index (Phi) is 5.57. The lowest BCUT2D eigenvalue weighted by Crippen LogP contribution is -2.19. The highest BCUT2D eigenvalue weighted by Crippen LogP contribution is 2.00. The van der Waals surface area contributed by atoms with Gasteiger partial charge in [-0.15, -0.1) is 0 Å². The summed E-state index contributed by atoms with van der Waals surface area (Å²) in [6.45, 7) is 7.28. The van der Waals surface area contributed by atoms with Gasteiger partial charge in [0.15, 0.2) is 0 Å². The van der Waals surface area contributed by atoms with Gasteiger partial charge in [-0.25, -0.2) is 4.79 Å². The first kappa shape index (κ1) is 11.7. The molecular weight excluding hydrogens is 170 g/mol. The van der Waals surface area contributed by atoms with Crippen molar-refractivity contribution in [1.82, 2.24) is 0 Å². The second-order valence-electron chi connectivity index (χ2n) is 2.43. The summed E-state index contributed by atoms with van der Waals surface area (Å²) in [6, 6.07) is 1.60. The van der Waals surface area contributed by atoms with Crippen LogP contribution >= 0.6 is 0 Å². The van der Waals surface area contributed by atoms with Gasteiger partial charge in [-0.05, 0) is 13.3 Å². The monoisotopic (exact) mass is 183 g/mol. The van der Waals surface area contributed by atoms with E-state index in [1.54, 1.807) is 13.0 Å². The molecule has 4 heteroatoms. The molecule has 0 aliphatic rings. The molecule has 0 heterocycles. The summed E-state index contributed by atoms with van der Waals surface area (Å²) in [7, 11) is 0. The number of hydrogen-bond acceptors (Lipinski definition) is 4. The highest BCUT2D eigenvalue weighted by atomic mass is 16.7. The molecule has 0 aliphatic heterocycles. The minimum Gasteiger partial charge on any atom is -0.432 e. The number of carbonyl (C=O) groups excluding carboxylic acids is 1. The van der Waals surface area contributed by atoms with Crippen LogP contribution in [0.5, 0.6) is 0 Å². The number of rotatable bonds is 5. The van der Waals surface area contributed by atoms with Crippen LogP contribution in [0.25, 0.3) is 0 Å². The summed E-state index contributed by atoms with van der Waals surface area (Å²) in [5.74, 6) is -0.730. The van der Waals surface area contributed by atoms with Crippen molar-refractivity contribution in [2.24, 2.45) is 0 Å². The molecular formula is C9H13NO3. The predicted octanol–water partition coefficient (Wildman–Crippen LogP) is 1.38. The van der Waals surface area contributed by atoms with Crippen molar-refractivity contribution < 1.29 is 14.3 Å². The van der Waals surface area contributed by atoms with Crippen LogP contribution in [0, 0.1) is 11.3 Å². The Morgan fingerprint density at radius 3 is 2.77 bits per heavy atom. The first-order chi connectivity index (χ1) is 6.11. The molecule has 0 fully saturated rings. The van der Waals surface area contributed by atoms with Crippen LogP contribution in [0.15, 0.2) is 12.2 Å². The van der Waals surface area contributed by atoms with Gasteiger partial charge in [-0.3, -0.25) is 0 Å². The van der Waals surface area contributed by atoms with Crippen LogP contribution in [-0.4, -0.2) is 18.9 Å². The van der Waals surface area contributed by atoms with E-state index in [9.17, 15) is 4.79 Å². The molecule has 0 amide bonds. The molecule has 0 rings (SSSR count). The minimum atomic E-state index is -0.730. The van der Waals surface area contributed by atoms with Gasteiger partial charge in [0.25, 0.3) is 0 Å². The standard InChI is InChI=1S/C9H13NO3/c1-4-5-12-8(3)13-9(11)7(2)6-10/h8H,2,4-5H2,1,3H3. The van der Waals surface area contributed by atoms with E-state index in [4.69, 9.17) is 14.7 Å². The normalized spacial score (nSPS) is 11.5. The molecule has 1 unspecified atom stereocenters. The molecule has 0 aromatic carbocycles. The predicted molar refractivity (Wildman–Crippen MR) is 46.6 cm³/mol. The third kappa shape index (κ3) is 4.99. The van der Waals surface area contributed by atoms with E-state index >= 15 is 0 Å². The summed E-state index contributed by atoms with van der Waals surface area (Å²) in [6.07, 6.45) is 0.221. The number of carbonyl (C=O) groups is 1. The summed E-state index contributed by atoms with van der Waals surface area (Å²) in [5, 5.41) is 8.30. The zero-order valence-corrected chi connectivity index (χ0v) is 7.87. The van der Waals surface area contributed by atoms with E-state index in [-0.39, 0.29) is 5.57 Å². The van der Waals surface area contributed by atoms with Gasteiger partial charge in [0.1, 0.15) is 11.6 Å². The van der Waals surface area contributed by atoms with Crippen LogP contribution in [0.4, 0.5) is 0 Å². The van der Waals surface area contributed by atoms with Crippen molar-refractivity contribution in [2.45, 2.75) is 26.6 Å². The second kappa shape index (κ2) is 6.21. The van der Waals surface area contributed by atoms with Gasteiger partial charge in [-0.1, -0.05) is 13.5 Å². The number of nitriles is 1. The van der Waals surface area contributed by atoms with Crippen molar-refractivity contribution in [1.29, 1.82) is 5.26 Å². The van der Waals surface area contributed by atoms with E-state index in [1.807, 2.05) is 6.92 Å². The largest absolute Gasteiger partial charge is 0.432 e. The summed E-state index contributed by atoms with van der Waals surface area (Å²) < 4.78 is 9.78. The summed E-state index contributed by atoms with van der Waals surface area (Å²) >= 11 is 0. The van der Waals surface area contributed by atoms with Crippen molar-refractivity contribution in [3.8, 4) is 6.07 Å². The molecule has 13 heavy (non-hydrogen) atoms. The molecule has 72 valence electrons. The Hall–Kier alpha value is -1.34. The maximum absolute atomic E-state index is 10.9. The molecule has 0 spiro atoms. The Labute approximate surface area is 77.8 Å². The Morgan fingerprint density at radius 1 is 1.69 bits per heavy atom. The zero-order valence-electron chi connectivity index (χ0n) is 7.87. The fourth-order valence-electron chi connectivity index (χ4n) is 0.585. The molecule has 0 radical (unpaired) electrons. The van der Waals surface area contributed by atoms with Gasteiger partial charge in [0, 0.05) is 0 Å². The number of hydrogen-bond donors (Lipinski definition) is 0. The summed E-state index contributed by atoms with van der Waals surface area (Å²) in [5.41, 5.74) is -0.216. The number of esters is 1. The second-order valence-corrected chi connectivity index (χ2v) is 2.43. The molecule has 0 aromatic heterocycles. The Morgan fingerprint density at radius 2 is 2.31 bits per heavy atom. The number of ether oxygens (including phenoxy) is 2. The molecule has 0 saturated heterocycles. The van der Waals surface area contributed by atoms with E-state index in [0.717, 1.165) is 6.42 Å². The van der Waals surface area contributed by atoms with E-state index in [2.05, 4.69) is 6.58 Å². The molecule has 1 atom stereocenters. The van der Waals surface area contributed by atoms with Crippen molar-refractivity contribution in [3.05, 3.63) is 12.2 Å². The Balaban J connectivity index is 3.79. The van der Waals surface area contributed by atoms with Crippen LogP contribution in [-0.2, 0) is 14.3 Å².